The van der Waals surface area contributed by atoms with Gasteiger partial charge in [0.1, 0.15) is 6.54 Å². The van der Waals surface area contributed by atoms with Gasteiger partial charge < -0.3 is 15.2 Å². The number of carbonyl (C=O) groups is 4. The van der Waals surface area contributed by atoms with Crippen molar-refractivity contribution in [1.29, 1.82) is 0 Å². The van der Waals surface area contributed by atoms with Crippen LogP contribution in [-0.2, 0) is 14.3 Å². The highest BCUT2D eigenvalue weighted by atomic mass is 16.5. The van der Waals surface area contributed by atoms with E-state index in [4.69, 9.17) is 5.11 Å². The Bertz CT molecular complexity index is 607. The van der Waals surface area contributed by atoms with Crippen molar-refractivity contribution in [1.82, 2.24) is 10.2 Å². The second-order valence-electron chi connectivity index (χ2n) is 4.61. The molecule has 0 aromatic heterocycles. The lowest BCUT2D eigenvalue weighted by Gasteiger charge is -2.15. The third-order valence-electron chi connectivity index (χ3n) is 3.22. The van der Waals surface area contributed by atoms with Crippen LogP contribution in [0.25, 0.3) is 0 Å². The first kappa shape index (κ1) is 15.6. The minimum Gasteiger partial charge on any atom is -0.479 e. The van der Waals surface area contributed by atoms with Gasteiger partial charge in [0.2, 0.25) is 5.91 Å². The maximum Gasteiger partial charge on any atom is 0.334 e. The molecule has 0 spiro atoms. The van der Waals surface area contributed by atoms with Gasteiger partial charge in [-0.2, -0.15) is 0 Å². The predicted molar refractivity (Wildman–Crippen MR) is 73.3 cm³/mol. The number of hydrogen-bond donors (Lipinski definition) is 2. The molecule has 1 aliphatic rings. The van der Waals surface area contributed by atoms with Crippen LogP contribution in [0.15, 0.2) is 24.3 Å². The number of fused-ring (bicyclic) bond motifs is 1. The van der Waals surface area contributed by atoms with Crippen molar-refractivity contribution >= 4 is 23.7 Å². The minimum absolute atomic E-state index is 0.251. The minimum atomic E-state index is -1.22. The number of hydrogen-bond acceptors (Lipinski definition) is 5. The zero-order valence-electron chi connectivity index (χ0n) is 11.7. The Morgan fingerprint density at radius 2 is 1.77 bits per heavy atom. The molecule has 22 heavy (non-hydrogen) atoms. The van der Waals surface area contributed by atoms with Crippen molar-refractivity contribution in [2.24, 2.45) is 0 Å². The van der Waals surface area contributed by atoms with Crippen molar-refractivity contribution in [3.05, 3.63) is 35.4 Å². The van der Waals surface area contributed by atoms with Gasteiger partial charge in [-0.1, -0.05) is 12.1 Å². The average Bonchev–Trinajstić information content (AvgIpc) is 2.73. The molecule has 0 aliphatic carbocycles. The van der Waals surface area contributed by atoms with E-state index in [1.807, 2.05) is 0 Å². The predicted octanol–water partition coefficient (Wildman–Crippen LogP) is -0.502. The molecule has 1 aliphatic heterocycles. The number of imide groups is 1. The summed E-state index contributed by atoms with van der Waals surface area (Å²) in [5.74, 6) is -2.95. The summed E-state index contributed by atoms with van der Waals surface area (Å²) in [5.41, 5.74) is 0.501. The Morgan fingerprint density at radius 1 is 1.23 bits per heavy atom. The second kappa shape index (κ2) is 6.35. The van der Waals surface area contributed by atoms with Gasteiger partial charge in [-0.15, -0.1) is 0 Å². The van der Waals surface area contributed by atoms with Gasteiger partial charge in [0.05, 0.1) is 17.7 Å². The lowest BCUT2D eigenvalue weighted by atomic mass is 10.1. The molecule has 8 heteroatoms. The Labute approximate surface area is 125 Å². The summed E-state index contributed by atoms with van der Waals surface area (Å²) in [6.07, 6.45) is -1.19. The largest absolute Gasteiger partial charge is 0.479 e. The van der Waals surface area contributed by atoms with Crippen molar-refractivity contribution in [3.63, 3.8) is 0 Å². The van der Waals surface area contributed by atoms with E-state index in [1.54, 1.807) is 12.1 Å². The molecule has 0 saturated heterocycles. The number of rotatable bonds is 6. The number of amides is 3. The van der Waals surface area contributed by atoms with Crippen LogP contribution >= 0.6 is 0 Å². The van der Waals surface area contributed by atoms with E-state index >= 15 is 0 Å². The molecular weight excluding hydrogens is 292 g/mol. The van der Waals surface area contributed by atoms with Crippen molar-refractivity contribution in [2.75, 3.05) is 20.2 Å². The van der Waals surface area contributed by atoms with E-state index in [2.05, 4.69) is 10.1 Å². The number of aliphatic carboxylic acids is 1. The molecule has 1 aromatic rings. The fourth-order valence-corrected chi connectivity index (χ4v) is 2.06. The van der Waals surface area contributed by atoms with E-state index in [1.165, 1.54) is 19.2 Å². The van der Waals surface area contributed by atoms with Gasteiger partial charge in [-0.25, -0.2) is 4.79 Å². The third-order valence-corrected chi connectivity index (χ3v) is 3.22. The number of carbonyl (C=O) groups excluding carboxylic acids is 3. The van der Waals surface area contributed by atoms with Crippen LogP contribution in [0.4, 0.5) is 0 Å². The zero-order chi connectivity index (χ0) is 16.3. The number of carboxylic acid groups (broad SMARTS) is 1. The summed E-state index contributed by atoms with van der Waals surface area (Å²) in [4.78, 5) is 47.4. The summed E-state index contributed by atoms with van der Waals surface area (Å²) < 4.78 is 4.66. The number of benzene rings is 1. The lowest BCUT2D eigenvalue weighted by Crippen LogP contribution is -2.44. The van der Waals surface area contributed by atoms with Crippen LogP contribution in [0, 0.1) is 0 Å². The van der Waals surface area contributed by atoms with Gasteiger partial charge >= 0.3 is 5.97 Å². The Morgan fingerprint density at radius 3 is 2.23 bits per heavy atom. The zero-order valence-corrected chi connectivity index (χ0v) is 11.7. The van der Waals surface area contributed by atoms with Gasteiger partial charge in [0, 0.05) is 7.11 Å². The third kappa shape index (κ3) is 2.96. The second-order valence-corrected chi connectivity index (χ2v) is 4.61. The molecule has 8 nitrogen and oxygen atoms in total. The molecule has 1 heterocycles. The number of ether oxygens (including phenoxy) is 1. The van der Waals surface area contributed by atoms with Crippen LogP contribution in [0.1, 0.15) is 20.7 Å². The summed E-state index contributed by atoms with van der Waals surface area (Å²) >= 11 is 0. The molecule has 2 N–H and O–H groups in total. The molecule has 1 atom stereocenters. The van der Waals surface area contributed by atoms with Gasteiger partial charge in [0.15, 0.2) is 6.10 Å². The van der Waals surface area contributed by atoms with Crippen LogP contribution in [0.5, 0.6) is 0 Å². The fraction of sp³-hybridized carbons (Fsp3) is 0.286. The number of carboxylic acids is 1. The number of methoxy groups -OCH3 is 1. The Kier molecular flexibility index (Phi) is 4.52. The molecule has 3 amide bonds. The van der Waals surface area contributed by atoms with Crippen LogP contribution in [0.3, 0.4) is 0 Å². The first-order valence-corrected chi connectivity index (χ1v) is 6.43. The standard InChI is InChI=1S/C14H14N2O6/c1-22-10(14(20)21)6-15-11(17)7-16-12(18)8-4-2-3-5-9(8)13(16)19/h2-5,10H,6-7H2,1H3,(H,15,17)(H,20,21). The summed E-state index contributed by atoms with van der Waals surface area (Å²) in [6.45, 7) is -0.726. The molecule has 0 radical (unpaired) electrons. The van der Waals surface area contributed by atoms with Crippen LogP contribution < -0.4 is 5.32 Å². The van der Waals surface area contributed by atoms with Crippen molar-refractivity contribution in [3.8, 4) is 0 Å². The number of nitrogens with zero attached hydrogens (tertiary/aromatic N) is 1. The molecule has 1 unspecified atom stereocenters. The normalized spacial score (nSPS) is 14.7. The fourth-order valence-electron chi connectivity index (χ4n) is 2.06. The van der Waals surface area contributed by atoms with E-state index in [9.17, 15) is 19.2 Å². The summed E-state index contributed by atoms with van der Waals surface area (Å²) in [6, 6.07) is 6.28. The first-order chi connectivity index (χ1) is 10.5. The topological polar surface area (TPSA) is 113 Å². The molecule has 2 rings (SSSR count). The average molecular weight is 306 g/mol. The summed E-state index contributed by atoms with van der Waals surface area (Å²) in [5, 5.41) is 11.1. The van der Waals surface area contributed by atoms with Crippen molar-refractivity contribution in [2.45, 2.75) is 6.10 Å². The SMILES string of the molecule is COC(CNC(=O)CN1C(=O)c2ccccc2C1=O)C(=O)O. The van der Waals surface area contributed by atoms with E-state index < -0.39 is 36.3 Å². The highest BCUT2D eigenvalue weighted by Crippen LogP contribution is 2.21. The van der Waals surface area contributed by atoms with E-state index in [0.717, 1.165) is 4.90 Å². The molecule has 116 valence electrons. The van der Waals surface area contributed by atoms with Crippen LogP contribution in [-0.4, -0.2) is 60.0 Å². The molecule has 0 fully saturated rings. The molecular formula is C14H14N2O6. The van der Waals surface area contributed by atoms with E-state index in [0.29, 0.717) is 0 Å². The Hall–Kier alpha value is -2.74. The van der Waals surface area contributed by atoms with Gasteiger partial charge in [0.25, 0.3) is 11.8 Å². The molecule has 1 aromatic carbocycles. The number of nitrogens with one attached hydrogen (secondary N) is 1. The van der Waals surface area contributed by atoms with Crippen LogP contribution in [0.2, 0.25) is 0 Å². The quantitative estimate of drug-likeness (QED) is 0.685. The maximum absolute atomic E-state index is 12.1. The maximum atomic E-state index is 12.1. The molecule has 0 saturated carbocycles. The highest BCUT2D eigenvalue weighted by Gasteiger charge is 2.36. The highest BCUT2D eigenvalue weighted by molar-refractivity contribution is 6.22. The van der Waals surface area contributed by atoms with E-state index in [-0.39, 0.29) is 17.7 Å². The van der Waals surface area contributed by atoms with Gasteiger partial charge in [-0.3, -0.25) is 19.3 Å². The smallest absolute Gasteiger partial charge is 0.334 e. The van der Waals surface area contributed by atoms with Crippen molar-refractivity contribution < 1.29 is 29.0 Å². The lowest BCUT2D eigenvalue weighted by molar-refractivity contribution is -0.148. The summed E-state index contributed by atoms with van der Waals surface area (Å²) in [7, 11) is 1.20. The Balaban J connectivity index is 1.98. The first-order valence-electron chi connectivity index (χ1n) is 6.43. The molecule has 0 bridgehead atoms. The monoisotopic (exact) mass is 306 g/mol. The van der Waals surface area contributed by atoms with Gasteiger partial charge in [-0.05, 0) is 12.1 Å².